The van der Waals surface area contributed by atoms with E-state index in [0.717, 1.165) is 12.8 Å². The van der Waals surface area contributed by atoms with Gasteiger partial charge in [-0.3, -0.25) is 0 Å². The quantitative estimate of drug-likeness (QED) is 0.328. The zero-order chi connectivity index (χ0) is 18.3. The minimum Gasteiger partial charge on any atom is -0.493 e. The van der Waals surface area contributed by atoms with Crippen molar-refractivity contribution in [2.45, 2.75) is 102 Å². The van der Waals surface area contributed by atoms with Gasteiger partial charge in [0.15, 0.2) is 6.10 Å². The predicted octanol–water partition coefficient (Wildman–Crippen LogP) is 3.31. The van der Waals surface area contributed by atoms with Gasteiger partial charge in [0.05, 0.1) is 19.5 Å². The summed E-state index contributed by atoms with van der Waals surface area (Å²) in [7, 11) is 0. The molecule has 1 rings (SSSR count). The van der Waals surface area contributed by atoms with Crippen LogP contribution in [0.4, 0.5) is 0 Å². The smallest absolute Gasteiger partial charge is 0.154 e. The fourth-order valence-corrected chi connectivity index (χ4v) is 3.15. The molecule has 5 heteroatoms. The molecule has 0 saturated carbocycles. The summed E-state index contributed by atoms with van der Waals surface area (Å²) in [6, 6.07) is 0. The number of hydrogen-bond acceptors (Lipinski definition) is 5. The van der Waals surface area contributed by atoms with Gasteiger partial charge in [0.1, 0.15) is 18.3 Å². The van der Waals surface area contributed by atoms with Crippen LogP contribution in [0.5, 0.6) is 0 Å². The summed E-state index contributed by atoms with van der Waals surface area (Å²) in [4.78, 5) is 0. The van der Waals surface area contributed by atoms with Gasteiger partial charge in [-0.25, -0.2) is 0 Å². The number of allylic oxidation sites excluding steroid dienone is 1. The molecular formula is C20H38O5. The highest BCUT2D eigenvalue weighted by molar-refractivity contribution is 4.89. The van der Waals surface area contributed by atoms with Crippen molar-refractivity contribution in [3.8, 4) is 0 Å². The van der Waals surface area contributed by atoms with Crippen LogP contribution in [0.1, 0.15) is 77.6 Å². The Balaban J connectivity index is 1.99. The van der Waals surface area contributed by atoms with Gasteiger partial charge in [0.2, 0.25) is 0 Å². The SMILES string of the molecule is CCCCCCCCCCCC/C=C/O[C@H]1[C@H](O)[C@@H](CO)OC[C@@H]1O. The van der Waals surface area contributed by atoms with Crippen LogP contribution in [0.15, 0.2) is 12.3 Å². The number of aliphatic hydroxyl groups is 3. The molecule has 0 unspecified atom stereocenters. The van der Waals surface area contributed by atoms with Gasteiger partial charge >= 0.3 is 0 Å². The van der Waals surface area contributed by atoms with Crippen molar-refractivity contribution in [2.75, 3.05) is 13.2 Å². The Morgan fingerprint density at radius 1 is 0.960 bits per heavy atom. The topological polar surface area (TPSA) is 79.2 Å². The van der Waals surface area contributed by atoms with Crippen molar-refractivity contribution in [3.63, 3.8) is 0 Å². The first-order valence-electron chi connectivity index (χ1n) is 10.1. The lowest BCUT2D eigenvalue weighted by molar-refractivity contribution is -0.197. The van der Waals surface area contributed by atoms with Crippen LogP contribution in [0.2, 0.25) is 0 Å². The number of rotatable bonds is 14. The van der Waals surface area contributed by atoms with Crippen LogP contribution < -0.4 is 0 Å². The third-order valence-corrected chi connectivity index (χ3v) is 4.81. The molecule has 0 bridgehead atoms. The highest BCUT2D eigenvalue weighted by Crippen LogP contribution is 2.19. The van der Waals surface area contributed by atoms with Crippen molar-refractivity contribution in [1.82, 2.24) is 0 Å². The second-order valence-corrected chi connectivity index (χ2v) is 7.06. The molecule has 1 aliphatic heterocycles. The number of unbranched alkanes of at least 4 members (excludes halogenated alkanes) is 10. The largest absolute Gasteiger partial charge is 0.493 e. The van der Waals surface area contributed by atoms with Crippen molar-refractivity contribution in [2.24, 2.45) is 0 Å². The van der Waals surface area contributed by atoms with Crippen LogP contribution in [-0.4, -0.2) is 52.9 Å². The Bertz CT molecular complexity index is 334. The van der Waals surface area contributed by atoms with Crippen LogP contribution in [-0.2, 0) is 9.47 Å². The zero-order valence-corrected chi connectivity index (χ0v) is 15.8. The molecule has 0 spiro atoms. The highest BCUT2D eigenvalue weighted by atomic mass is 16.6. The third-order valence-electron chi connectivity index (χ3n) is 4.81. The predicted molar refractivity (Wildman–Crippen MR) is 99.3 cm³/mol. The Morgan fingerprint density at radius 2 is 1.56 bits per heavy atom. The second kappa shape index (κ2) is 14.5. The van der Waals surface area contributed by atoms with E-state index in [1.54, 1.807) is 6.26 Å². The second-order valence-electron chi connectivity index (χ2n) is 7.06. The third kappa shape index (κ3) is 9.59. The minimum atomic E-state index is -1.02. The molecule has 0 radical (unpaired) electrons. The van der Waals surface area contributed by atoms with Crippen LogP contribution in [0.25, 0.3) is 0 Å². The van der Waals surface area contributed by atoms with Crippen molar-refractivity contribution >= 4 is 0 Å². The summed E-state index contributed by atoms with van der Waals surface area (Å²) in [6.07, 6.45) is 14.3. The van der Waals surface area contributed by atoms with E-state index in [2.05, 4.69) is 6.92 Å². The fourth-order valence-electron chi connectivity index (χ4n) is 3.15. The lowest BCUT2D eigenvalue weighted by Gasteiger charge is -2.36. The van der Waals surface area contributed by atoms with E-state index in [1.807, 2.05) is 6.08 Å². The first-order valence-corrected chi connectivity index (χ1v) is 10.1. The summed E-state index contributed by atoms with van der Waals surface area (Å²) in [6.45, 7) is 2.04. The molecule has 0 aromatic heterocycles. The van der Waals surface area contributed by atoms with E-state index in [-0.39, 0.29) is 13.2 Å². The van der Waals surface area contributed by atoms with E-state index in [1.165, 1.54) is 57.8 Å². The van der Waals surface area contributed by atoms with Crippen LogP contribution in [0, 0.1) is 0 Å². The molecule has 0 aromatic rings. The van der Waals surface area contributed by atoms with Gasteiger partial charge in [-0.2, -0.15) is 0 Å². The molecule has 1 heterocycles. The maximum absolute atomic E-state index is 9.99. The summed E-state index contributed by atoms with van der Waals surface area (Å²) in [5.41, 5.74) is 0. The Labute approximate surface area is 153 Å². The number of ether oxygens (including phenoxy) is 2. The minimum absolute atomic E-state index is 0.0687. The molecule has 0 aliphatic carbocycles. The van der Waals surface area contributed by atoms with E-state index in [0.29, 0.717) is 0 Å². The maximum atomic E-state index is 9.99. The average Bonchev–Trinajstić information content (AvgIpc) is 2.61. The van der Waals surface area contributed by atoms with E-state index >= 15 is 0 Å². The Morgan fingerprint density at radius 3 is 2.16 bits per heavy atom. The standard InChI is InChI=1S/C20H38O5/c1-2-3-4-5-6-7-8-9-10-11-12-13-14-24-20-17(22)16-25-18(15-21)19(20)23/h13-14,17-23H,2-12,15-16H2,1H3/b14-13+/t17-,18+,19+,20+/m0/s1. The molecule has 5 nitrogen and oxygen atoms in total. The summed E-state index contributed by atoms with van der Waals surface area (Å²) in [5, 5.41) is 28.9. The van der Waals surface area contributed by atoms with Crippen molar-refractivity contribution in [1.29, 1.82) is 0 Å². The monoisotopic (exact) mass is 358 g/mol. The molecule has 0 amide bonds. The zero-order valence-electron chi connectivity index (χ0n) is 15.8. The van der Waals surface area contributed by atoms with Crippen molar-refractivity contribution in [3.05, 3.63) is 12.3 Å². The Kier molecular flexibility index (Phi) is 13.0. The number of hydrogen-bond donors (Lipinski definition) is 3. The average molecular weight is 359 g/mol. The van der Waals surface area contributed by atoms with Gasteiger partial charge in [-0.1, -0.05) is 64.7 Å². The lowest BCUT2D eigenvalue weighted by Crippen LogP contribution is -2.54. The van der Waals surface area contributed by atoms with Crippen molar-refractivity contribution < 1.29 is 24.8 Å². The first kappa shape index (κ1) is 22.4. The summed E-state index contributed by atoms with van der Waals surface area (Å²) in [5.74, 6) is 0. The molecule has 4 atom stereocenters. The van der Waals surface area contributed by atoms with E-state index in [9.17, 15) is 10.2 Å². The fraction of sp³-hybridized carbons (Fsp3) is 0.900. The summed E-state index contributed by atoms with van der Waals surface area (Å²) >= 11 is 0. The van der Waals surface area contributed by atoms with Crippen LogP contribution >= 0.6 is 0 Å². The van der Waals surface area contributed by atoms with Gasteiger partial charge < -0.3 is 24.8 Å². The summed E-state index contributed by atoms with van der Waals surface area (Å²) < 4.78 is 10.6. The molecule has 25 heavy (non-hydrogen) atoms. The molecule has 0 aromatic carbocycles. The van der Waals surface area contributed by atoms with Gasteiger partial charge in [-0.15, -0.1) is 0 Å². The molecular weight excluding hydrogens is 320 g/mol. The normalized spacial score (nSPS) is 27.0. The molecule has 3 N–H and O–H groups in total. The number of aliphatic hydroxyl groups excluding tert-OH is 3. The Hall–Kier alpha value is -0.620. The van der Waals surface area contributed by atoms with Gasteiger partial charge in [0.25, 0.3) is 0 Å². The highest BCUT2D eigenvalue weighted by Gasteiger charge is 2.39. The first-order chi connectivity index (χ1) is 12.2. The lowest BCUT2D eigenvalue weighted by atomic mass is 10.0. The molecule has 1 aliphatic rings. The molecule has 1 fully saturated rings. The van der Waals surface area contributed by atoms with Gasteiger partial charge in [-0.05, 0) is 18.9 Å². The van der Waals surface area contributed by atoms with Crippen LogP contribution in [0.3, 0.4) is 0 Å². The molecule has 148 valence electrons. The van der Waals surface area contributed by atoms with E-state index in [4.69, 9.17) is 14.6 Å². The van der Waals surface area contributed by atoms with E-state index < -0.39 is 24.4 Å². The van der Waals surface area contributed by atoms with Gasteiger partial charge in [0, 0.05) is 0 Å². The molecule has 1 saturated heterocycles. The maximum Gasteiger partial charge on any atom is 0.154 e.